The van der Waals surface area contributed by atoms with Crippen LogP contribution in [0.3, 0.4) is 0 Å². The van der Waals surface area contributed by atoms with Gasteiger partial charge in [0.05, 0.1) is 12.3 Å². The molecule has 0 spiro atoms. The highest BCUT2D eigenvalue weighted by molar-refractivity contribution is 7.10. The van der Waals surface area contributed by atoms with Gasteiger partial charge in [-0.25, -0.2) is 0 Å². The number of rotatable bonds is 10. The van der Waals surface area contributed by atoms with Crippen LogP contribution in [0.15, 0.2) is 52.5 Å². The van der Waals surface area contributed by atoms with E-state index in [0.29, 0.717) is 43.5 Å². The Morgan fingerprint density at radius 3 is 2.89 bits per heavy atom. The average Bonchev–Trinajstić information content (AvgIpc) is 3.56. The highest BCUT2D eigenvalue weighted by Gasteiger charge is 2.34. The second kappa shape index (κ2) is 11.7. The van der Waals surface area contributed by atoms with Crippen LogP contribution in [0, 0.1) is 6.92 Å². The largest absolute Gasteiger partial charge is 0.491 e. The van der Waals surface area contributed by atoms with Gasteiger partial charge in [-0.15, -0.1) is 11.3 Å². The zero-order valence-electron chi connectivity index (χ0n) is 19.9. The number of carbonyl (C=O) groups is 2. The fourth-order valence-electron chi connectivity index (χ4n) is 4.22. The molecule has 0 bridgehead atoms. The van der Waals surface area contributed by atoms with Crippen molar-refractivity contribution in [2.45, 2.75) is 25.8 Å². The van der Waals surface area contributed by atoms with Gasteiger partial charge in [-0.05, 0) is 72.7 Å². The number of methoxy groups -OCH3 is 1. The molecule has 1 unspecified atom stereocenters. The first-order valence-corrected chi connectivity index (χ1v) is 12.8. The number of benzene rings is 1. The first-order valence-electron chi connectivity index (χ1n) is 11.5. The summed E-state index contributed by atoms with van der Waals surface area (Å²) in [6.07, 6.45) is 2.86. The van der Waals surface area contributed by atoms with E-state index < -0.39 is 0 Å². The fraction of sp³-hybridized carbons (Fsp3) is 0.385. The van der Waals surface area contributed by atoms with Crippen LogP contribution in [0.2, 0.25) is 5.02 Å². The summed E-state index contributed by atoms with van der Waals surface area (Å²) in [4.78, 5) is 31.2. The molecular weight excluding hydrogens is 488 g/mol. The number of nitrogens with zero attached hydrogens (tertiary/aromatic N) is 2. The number of fused-ring (bicyclic) bond motifs is 1. The number of aryl methyl sites for hydroxylation is 1. The summed E-state index contributed by atoms with van der Waals surface area (Å²) < 4.78 is 16.6. The molecule has 0 fully saturated rings. The van der Waals surface area contributed by atoms with E-state index in [4.69, 9.17) is 25.5 Å². The normalized spacial score (nSPS) is 15.1. The van der Waals surface area contributed by atoms with E-state index in [2.05, 4.69) is 11.4 Å². The van der Waals surface area contributed by atoms with Gasteiger partial charge >= 0.3 is 0 Å². The van der Waals surface area contributed by atoms with Crippen molar-refractivity contribution in [3.8, 4) is 5.75 Å². The zero-order chi connectivity index (χ0) is 24.8. The second-order valence-corrected chi connectivity index (χ2v) is 9.83. The maximum absolute atomic E-state index is 13.6. The van der Waals surface area contributed by atoms with Gasteiger partial charge in [0, 0.05) is 36.7 Å². The minimum Gasteiger partial charge on any atom is -0.491 e. The second-order valence-electron chi connectivity index (χ2n) is 8.42. The number of amides is 2. The lowest BCUT2D eigenvalue weighted by atomic mass is 10.0. The van der Waals surface area contributed by atoms with E-state index in [1.807, 2.05) is 30.0 Å². The van der Waals surface area contributed by atoms with E-state index in [1.165, 1.54) is 16.0 Å². The molecule has 1 aliphatic heterocycles. The SMILES string of the molecule is COCCCN(CC(=O)N1CCc2sccc2C1COc1ccc(Cl)c(C)c1)C(=O)c1ccco1. The Morgan fingerprint density at radius 1 is 1.29 bits per heavy atom. The molecular formula is C26H29ClN2O5S. The topological polar surface area (TPSA) is 72.2 Å². The van der Waals surface area contributed by atoms with Crippen molar-refractivity contribution in [3.63, 3.8) is 0 Å². The van der Waals surface area contributed by atoms with E-state index >= 15 is 0 Å². The van der Waals surface area contributed by atoms with Gasteiger partial charge in [-0.1, -0.05) is 11.6 Å². The van der Waals surface area contributed by atoms with Crippen LogP contribution < -0.4 is 4.74 Å². The van der Waals surface area contributed by atoms with Gasteiger partial charge < -0.3 is 23.7 Å². The standard InChI is InChI=1S/C26H29ClN2O5S/c1-18-15-19(6-7-21(18)27)34-17-22-20-9-14-35-24(20)8-11-29(22)25(30)16-28(10-4-12-32-2)26(31)23-5-3-13-33-23/h3,5-7,9,13-15,22H,4,8,10-12,16-17H2,1-2H3. The molecule has 0 radical (unpaired) electrons. The Morgan fingerprint density at radius 2 is 2.14 bits per heavy atom. The lowest BCUT2D eigenvalue weighted by molar-refractivity contribution is -0.135. The van der Waals surface area contributed by atoms with E-state index in [-0.39, 0.29) is 30.2 Å². The van der Waals surface area contributed by atoms with E-state index in [1.54, 1.807) is 30.6 Å². The summed E-state index contributed by atoms with van der Waals surface area (Å²) in [6, 6.07) is 10.6. The van der Waals surface area contributed by atoms with Gasteiger partial charge in [0.1, 0.15) is 18.9 Å². The molecule has 0 N–H and O–H groups in total. The molecule has 4 rings (SSSR count). The Balaban J connectivity index is 1.51. The van der Waals surface area contributed by atoms with Crippen LogP contribution in [0.1, 0.15) is 39.0 Å². The highest BCUT2D eigenvalue weighted by atomic mass is 35.5. The molecule has 1 atom stereocenters. The minimum atomic E-state index is -0.308. The maximum Gasteiger partial charge on any atom is 0.290 e. The molecule has 0 saturated heterocycles. The highest BCUT2D eigenvalue weighted by Crippen LogP contribution is 2.34. The van der Waals surface area contributed by atoms with Crippen LogP contribution in [-0.4, -0.2) is 61.6 Å². The Bertz CT molecular complexity index is 1150. The smallest absolute Gasteiger partial charge is 0.290 e. The predicted octanol–water partition coefficient (Wildman–Crippen LogP) is 4.99. The monoisotopic (exact) mass is 516 g/mol. The van der Waals surface area contributed by atoms with Crippen LogP contribution in [-0.2, 0) is 16.0 Å². The van der Waals surface area contributed by atoms with Gasteiger partial charge in [0.25, 0.3) is 5.91 Å². The zero-order valence-corrected chi connectivity index (χ0v) is 21.4. The van der Waals surface area contributed by atoms with E-state index in [0.717, 1.165) is 17.5 Å². The lowest BCUT2D eigenvalue weighted by Gasteiger charge is -2.37. The van der Waals surface area contributed by atoms with Crippen molar-refractivity contribution in [2.75, 3.05) is 40.0 Å². The molecule has 2 amide bonds. The van der Waals surface area contributed by atoms with Crippen LogP contribution in [0.25, 0.3) is 0 Å². The van der Waals surface area contributed by atoms with E-state index in [9.17, 15) is 9.59 Å². The quantitative estimate of drug-likeness (QED) is 0.355. The summed E-state index contributed by atoms with van der Waals surface area (Å²) in [5, 5.41) is 2.73. The van der Waals surface area contributed by atoms with Crippen LogP contribution in [0.4, 0.5) is 0 Å². The van der Waals surface area contributed by atoms with Gasteiger partial charge in [-0.2, -0.15) is 0 Å². The third-order valence-electron chi connectivity index (χ3n) is 6.07. The maximum atomic E-state index is 13.6. The number of hydrogen-bond acceptors (Lipinski definition) is 6. The molecule has 1 aliphatic rings. The molecule has 1 aromatic carbocycles. The number of ether oxygens (including phenoxy) is 2. The molecule has 9 heteroatoms. The van der Waals surface area contributed by atoms with Crippen LogP contribution >= 0.6 is 22.9 Å². The third kappa shape index (κ3) is 6.07. The minimum absolute atomic E-state index is 0.0424. The summed E-state index contributed by atoms with van der Waals surface area (Å²) in [7, 11) is 1.61. The molecule has 2 aromatic heterocycles. The molecule has 7 nitrogen and oxygen atoms in total. The molecule has 3 aromatic rings. The molecule has 0 aliphatic carbocycles. The average molecular weight is 517 g/mol. The fourth-order valence-corrected chi connectivity index (χ4v) is 5.26. The van der Waals surface area contributed by atoms with Gasteiger partial charge in [0.2, 0.25) is 5.91 Å². The van der Waals surface area contributed by atoms with Crippen molar-refractivity contribution >= 4 is 34.8 Å². The number of carbonyl (C=O) groups excluding carboxylic acids is 2. The number of halogens is 1. The third-order valence-corrected chi connectivity index (χ3v) is 7.49. The molecule has 186 valence electrons. The Kier molecular flexibility index (Phi) is 8.49. The summed E-state index contributed by atoms with van der Waals surface area (Å²) >= 11 is 7.85. The number of hydrogen-bond donors (Lipinski definition) is 0. The first kappa shape index (κ1) is 25.3. The number of thiophene rings is 1. The predicted molar refractivity (Wildman–Crippen MR) is 135 cm³/mol. The van der Waals surface area contributed by atoms with Gasteiger partial charge in [0.15, 0.2) is 5.76 Å². The summed E-state index contributed by atoms with van der Waals surface area (Å²) in [5.74, 6) is 0.486. The molecule has 35 heavy (non-hydrogen) atoms. The van der Waals surface area contributed by atoms with Crippen molar-refractivity contribution in [2.24, 2.45) is 0 Å². The van der Waals surface area contributed by atoms with Gasteiger partial charge in [-0.3, -0.25) is 9.59 Å². The Hall–Kier alpha value is -2.81. The summed E-state index contributed by atoms with van der Waals surface area (Å²) in [5.41, 5.74) is 2.03. The van der Waals surface area contributed by atoms with Crippen molar-refractivity contribution in [3.05, 3.63) is 74.8 Å². The summed E-state index contributed by atoms with van der Waals surface area (Å²) in [6.45, 7) is 3.65. The molecule has 0 saturated carbocycles. The number of furan rings is 1. The van der Waals surface area contributed by atoms with Crippen molar-refractivity contribution in [1.29, 1.82) is 0 Å². The lowest BCUT2D eigenvalue weighted by Crippen LogP contribution is -2.48. The Labute approximate surface area is 214 Å². The van der Waals surface area contributed by atoms with Crippen molar-refractivity contribution < 1.29 is 23.5 Å². The van der Waals surface area contributed by atoms with Crippen LogP contribution in [0.5, 0.6) is 5.75 Å². The molecule has 3 heterocycles. The first-order chi connectivity index (χ1) is 17.0. The van der Waals surface area contributed by atoms with Crippen molar-refractivity contribution in [1.82, 2.24) is 9.80 Å².